The minimum absolute atomic E-state index is 0.454. The Kier molecular flexibility index (Phi) is 6.35. The number of nitrogens with zero attached hydrogens (tertiary/aromatic N) is 4. The molecule has 3 amide bonds. The summed E-state index contributed by atoms with van der Waals surface area (Å²) < 4.78 is 1.76. The number of benzene rings is 1. The van der Waals surface area contributed by atoms with Crippen molar-refractivity contribution in [1.29, 1.82) is 0 Å². The quantitative estimate of drug-likeness (QED) is 0.418. The van der Waals surface area contributed by atoms with E-state index in [0.717, 1.165) is 16.9 Å². The maximum Gasteiger partial charge on any atom is 0.318 e. The highest BCUT2D eigenvalue weighted by Gasteiger charge is 2.29. The lowest BCUT2D eigenvalue weighted by Crippen LogP contribution is -2.58. The summed E-state index contributed by atoms with van der Waals surface area (Å²) in [5.74, 6) is -0.861. The number of anilines is 1. The minimum Gasteiger partial charge on any atom is -0.391 e. The van der Waals surface area contributed by atoms with E-state index >= 15 is 0 Å². The summed E-state index contributed by atoms with van der Waals surface area (Å²) in [6, 6.07) is 8.41. The second-order valence-electron chi connectivity index (χ2n) is 7.04. The fourth-order valence-electron chi connectivity index (χ4n) is 3.28. The number of carbonyl (C=O) groups excluding carboxylic acids is 2. The van der Waals surface area contributed by atoms with E-state index in [9.17, 15) is 14.7 Å². The standard InChI is InChI=1S/C19H26N6O4/c1-13(26)17(18(27)22-29)20-19(28)25-11-9-24(10-12-25)15-5-3-14(4-6-15)16-7-8-23(2)21-16/h3-8,13,17,26,29H,9-12H2,1-2H3,(H,20,28)(H,22,27)/t13-,17+/m1/s1. The average molecular weight is 402 g/mol. The molecule has 1 aliphatic heterocycles. The largest absolute Gasteiger partial charge is 0.391 e. The van der Waals surface area contributed by atoms with Gasteiger partial charge in [0.2, 0.25) is 0 Å². The Morgan fingerprint density at radius 2 is 1.76 bits per heavy atom. The second kappa shape index (κ2) is 8.93. The van der Waals surface area contributed by atoms with Gasteiger partial charge in [-0.3, -0.25) is 14.7 Å². The molecule has 4 N–H and O–H groups in total. The van der Waals surface area contributed by atoms with Crippen LogP contribution in [-0.2, 0) is 11.8 Å². The van der Waals surface area contributed by atoms with Gasteiger partial charge < -0.3 is 20.2 Å². The Labute approximate surface area is 168 Å². The van der Waals surface area contributed by atoms with Crippen molar-refractivity contribution in [2.75, 3.05) is 31.1 Å². The van der Waals surface area contributed by atoms with Crippen molar-refractivity contribution in [2.24, 2.45) is 7.05 Å². The van der Waals surface area contributed by atoms with Crippen LogP contribution in [-0.4, -0.2) is 75.3 Å². The van der Waals surface area contributed by atoms with Crippen molar-refractivity contribution in [1.82, 2.24) is 25.5 Å². The van der Waals surface area contributed by atoms with Gasteiger partial charge >= 0.3 is 6.03 Å². The van der Waals surface area contributed by atoms with Crippen molar-refractivity contribution in [3.8, 4) is 11.3 Å². The van der Waals surface area contributed by atoms with Crippen molar-refractivity contribution in [3.05, 3.63) is 36.5 Å². The van der Waals surface area contributed by atoms with Gasteiger partial charge in [0.25, 0.3) is 5.91 Å². The first kappa shape index (κ1) is 20.6. The third-order valence-electron chi connectivity index (χ3n) is 4.96. The predicted octanol–water partition coefficient (Wildman–Crippen LogP) is 0.174. The molecule has 29 heavy (non-hydrogen) atoms. The topological polar surface area (TPSA) is 123 Å². The SMILES string of the molecule is C[C@@H](O)[C@H](NC(=O)N1CCN(c2ccc(-c3ccn(C)n3)cc2)CC1)C(=O)NO. The zero-order chi connectivity index (χ0) is 21.0. The van der Waals surface area contributed by atoms with Gasteiger partial charge in [0.05, 0.1) is 11.8 Å². The van der Waals surface area contributed by atoms with E-state index in [4.69, 9.17) is 5.21 Å². The summed E-state index contributed by atoms with van der Waals surface area (Å²) in [6.07, 6.45) is 0.768. The first-order chi connectivity index (χ1) is 13.9. The zero-order valence-corrected chi connectivity index (χ0v) is 16.4. The lowest BCUT2D eigenvalue weighted by Gasteiger charge is -2.36. The van der Waals surface area contributed by atoms with Crippen LogP contribution < -0.4 is 15.7 Å². The van der Waals surface area contributed by atoms with E-state index in [2.05, 4.69) is 15.3 Å². The van der Waals surface area contributed by atoms with Gasteiger partial charge in [-0.25, -0.2) is 10.3 Å². The molecular weight excluding hydrogens is 376 g/mol. The molecule has 0 bridgehead atoms. The van der Waals surface area contributed by atoms with Gasteiger partial charge in [-0.15, -0.1) is 0 Å². The van der Waals surface area contributed by atoms with E-state index in [0.29, 0.717) is 26.2 Å². The highest BCUT2D eigenvalue weighted by Crippen LogP contribution is 2.22. The molecule has 1 saturated heterocycles. The first-order valence-corrected chi connectivity index (χ1v) is 9.41. The van der Waals surface area contributed by atoms with Crippen molar-refractivity contribution in [3.63, 3.8) is 0 Å². The van der Waals surface area contributed by atoms with Crippen LogP contribution in [0.5, 0.6) is 0 Å². The molecule has 10 heteroatoms. The first-order valence-electron chi connectivity index (χ1n) is 9.41. The van der Waals surface area contributed by atoms with Crippen molar-refractivity contribution in [2.45, 2.75) is 19.1 Å². The minimum atomic E-state index is -1.22. The molecule has 0 spiro atoms. The third kappa shape index (κ3) is 4.84. The maximum atomic E-state index is 12.4. The van der Waals surface area contributed by atoms with E-state index in [1.54, 1.807) is 9.58 Å². The fourth-order valence-corrected chi connectivity index (χ4v) is 3.28. The summed E-state index contributed by atoms with van der Waals surface area (Å²) in [4.78, 5) is 27.7. The van der Waals surface area contributed by atoms with Gasteiger partial charge in [-0.1, -0.05) is 12.1 Å². The number of hydroxylamine groups is 1. The van der Waals surface area contributed by atoms with Crippen LogP contribution in [0.4, 0.5) is 10.5 Å². The molecular formula is C19H26N6O4. The van der Waals surface area contributed by atoms with Crippen LogP contribution in [0.1, 0.15) is 6.92 Å². The molecule has 1 aromatic heterocycles. The number of carbonyl (C=O) groups is 2. The molecule has 0 aliphatic carbocycles. The predicted molar refractivity (Wildman–Crippen MR) is 106 cm³/mol. The number of rotatable bonds is 5. The maximum absolute atomic E-state index is 12.4. The van der Waals surface area contributed by atoms with E-state index < -0.39 is 24.1 Å². The second-order valence-corrected chi connectivity index (χ2v) is 7.04. The summed E-state index contributed by atoms with van der Waals surface area (Å²) >= 11 is 0. The molecule has 156 valence electrons. The van der Waals surface area contributed by atoms with Crippen molar-refractivity contribution >= 4 is 17.6 Å². The smallest absolute Gasteiger partial charge is 0.318 e. The lowest BCUT2D eigenvalue weighted by atomic mass is 10.1. The molecule has 10 nitrogen and oxygen atoms in total. The molecule has 2 aromatic rings. The van der Waals surface area contributed by atoms with Crippen molar-refractivity contribution < 1.29 is 19.9 Å². The molecule has 3 rings (SSSR count). The molecule has 1 aromatic carbocycles. The Morgan fingerprint density at radius 1 is 1.10 bits per heavy atom. The number of amides is 3. The summed E-state index contributed by atoms with van der Waals surface area (Å²) in [6.45, 7) is 3.60. The van der Waals surface area contributed by atoms with Gasteiger partial charge in [0.15, 0.2) is 0 Å². The normalized spacial score (nSPS) is 16.3. The van der Waals surface area contributed by atoms with E-state index in [1.165, 1.54) is 12.4 Å². The third-order valence-corrected chi connectivity index (χ3v) is 4.96. The van der Waals surface area contributed by atoms with Gasteiger partial charge in [-0.05, 0) is 25.1 Å². The number of urea groups is 1. The number of aliphatic hydroxyl groups is 1. The number of aromatic nitrogens is 2. The highest BCUT2D eigenvalue weighted by atomic mass is 16.5. The Balaban J connectivity index is 1.56. The summed E-state index contributed by atoms with van der Waals surface area (Å²) in [5, 5.41) is 25.2. The lowest BCUT2D eigenvalue weighted by molar-refractivity contribution is -0.133. The van der Waals surface area contributed by atoms with Crippen LogP contribution in [0, 0.1) is 0 Å². The average Bonchev–Trinajstić information content (AvgIpc) is 3.17. The fraction of sp³-hybridized carbons (Fsp3) is 0.421. The van der Waals surface area contributed by atoms with Gasteiger partial charge in [0.1, 0.15) is 6.04 Å². The molecule has 1 fully saturated rings. The molecule has 2 heterocycles. The summed E-state index contributed by atoms with van der Waals surface area (Å²) in [7, 11) is 1.88. The molecule has 1 aliphatic rings. The monoisotopic (exact) mass is 402 g/mol. The molecule has 0 saturated carbocycles. The number of aryl methyl sites for hydroxylation is 1. The Morgan fingerprint density at radius 3 is 2.28 bits per heavy atom. The zero-order valence-electron chi connectivity index (χ0n) is 16.4. The van der Waals surface area contributed by atoms with Crippen LogP contribution in [0.3, 0.4) is 0 Å². The Bertz CT molecular complexity index is 843. The number of aliphatic hydroxyl groups excluding tert-OH is 1. The molecule has 0 unspecified atom stereocenters. The van der Waals surface area contributed by atoms with Gasteiger partial charge in [-0.2, -0.15) is 5.10 Å². The summed E-state index contributed by atoms with van der Waals surface area (Å²) in [5.41, 5.74) is 4.47. The Hall–Kier alpha value is -3.11. The van der Waals surface area contributed by atoms with Crippen LogP contribution >= 0.6 is 0 Å². The van der Waals surface area contributed by atoms with Crippen LogP contribution in [0.25, 0.3) is 11.3 Å². The number of piperazine rings is 1. The highest BCUT2D eigenvalue weighted by molar-refractivity contribution is 5.87. The molecule has 0 radical (unpaired) electrons. The number of hydrogen-bond acceptors (Lipinski definition) is 6. The van der Waals surface area contributed by atoms with Crippen LogP contribution in [0.15, 0.2) is 36.5 Å². The number of nitrogens with one attached hydrogen (secondary N) is 2. The van der Waals surface area contributed by atoms with Gasteiger partial charge in [0, 0.05) is 50.7 Å². The van der Waals surface area contributed by atoms with Crippen LogP contribution in [0.2, 0.25) is 0 Å². The van der Waals surface area contributed by atoms with E-state index in [-0.39, 0.29) is 0 Å². The van der Waals surface area contributed by atoms with E-state index in [1.807, 2.05) is 43.6 Å². The number of hydrogen-bond donors (Lipinski definition) is 4. The molecule has 2 atom stereocenters.